The number of nitrogens with zero attached hydrogens (tertiary/aromatic N) is 3. The number of amides is 2. The van der Waals surface area contributed by atoms with Gasteiger partial charge in [-0.05, 0) is 55.8 Å². The largest absolute Gasteiger partial charge is 0.488 e. The van der Waals surface area contributed by atoms with Crippen LogP contribution in [0.25, 0.3) is 10.9 Å². The second-order valence-corrected chi connectivity index (χ2v) is 14.0. The number of fused-ring (bicyclic) bond motifs is 2. The maximum Gasteiger partial charge on any atom is 0.258 e. The molecule has 3 aromatic carbocycles. The molecule has 238 valence electrons. The lowest BCUT2D eigenvalue weighted by molar-refractivity contribution is -0.115. The Hall–Kier alpha value is -4.19. The zero-order chi connectivity index (χ0) is 32.5. The van der Waals surface area contributed by atoms with Crippen molar-refractivity contribution in [3.63, 3.8) is 0 Å². The van der Waals surface area contributed by atoms with Crippen LogP contribution in [0, 0.1) is 12.8 Å². The summed E-state index contributed by atoms with van der Waals surface area (Å²) in [5, 5.41) is 13.9. The number of carbonyl (C=O) groups excluding carboxylic acids is 2. The van der Waals surface area contributed by atoms with Crippen molar-refractivity contribution in [3.8, 4) is 5.75 Å². The molecule has 2 heterocycles. The fourth-order valence-electron chi connectivity index (χ4n) is 5.70. The maximum atomic E-state index is 13.8. The monoisotopic (exact) mass is 632 g/mol. The van der Waals surface area contributed by atoms with E-state index < -0.39 is 22.2 Å². The number of carbonyl (C=O) groups is 2. The normalized spacial score (nSPS) is 17.8. The Balaban J connectivity index is 1.41. The number of aryl methyl sites for hydroxylation is 2. The average Bonchev–Trinajstić information content (AvgIpc) is 3.33. The number of hydrogen-bond donors (Lipinski definition) is 2. The van der Waals surface area contributed by atoms with Gasteiger partial charge in [0, 0.05) is 49.3 Å². The number of sulfonamides is 1. The standard InChI is InChI=1S/C34H40N4O6S/c1-22-10-13-27(14-11-22)45(42,43)37(5)20-32-23(2)18-38(24(3)21-39)34(41)29-17-26(12-15-31(29)44-32)35-33(40)16-25-19-36(4)30-9-7-6-8-28(25)30/h6-15,17,19,23-24,32,39H,16,18,20-21H2,1-5H3,(H,35,40)/t23-,24-,32-/m0/s1. The minimum absolute atomic E-state index is 0.0376. The Bertz CT molecular complexity index is 1820. The van der Waals surface area contributed by atoms with E-state index >= 15 is 0 Å². The molecule has 0 spiro atoms. The number of benzene rings is 3. The molecule has 45 heavy (non-hydrogen) atoms. The first-order chi connectivity index (χ1) is 21.4. The Kier molecular flexibility index (Phi) is 9.33. The van der Waals surface area contributed by atoms with E-state index in [1.54, 1.807) is 54.3 Å². The SMILES string of the molecule is Cc1ccc(S(=O)(=O)N(C)C[C@@H]2Oc3ccc(NC(=O)Cc4cn(C)c5ccccc45)cc3C(=O)N([C@@H](C)CO)C[C@@H]2C)cc1. The van der Waals surface area contributed by atoms with Gasteiger partial charge in [-0.2, -0.15) is 4.31 Å². The van der Waals surface area contributed by atoms with Gasteiger partial charge >= 0.3 is 0 Å². The van der Waals surface area contributed by atoms with Crippen LogP contribution in [-0.4, -0.2) is 78.0 Å². The van der Waals surface area contributed by atoms with Crippen molar-refractivity contribution in [2.45, 2.75) is 44.2 Å². The number of nitrogens with one attached hydrogen (secondary N) is 1. The zero-order valence-corrected chi connectivity index (χ0v) is 27.0. The van der Waals surface area contributed by atoms with Crippen molar-refractivity contribution in [2.75, 3.05) is 32.1 Å². The van der Waals surface area contributed by atoms with Gasteiger partial charge < -0.3 is 24.6 Å². The molecule has 11 heteroatoms. The van der Waals surface area contributed by atoms with Crippen LogP contribution in [0.4, 0.5) is 5.69 Å². The third kappa shape index (κ3) is 6.75. The fraction of sp³-hybridized carbons (Fsp3) is 0.353. The summed E-state index contributed by atoms with van der Waals surface area (Å²) in [6.45, 7) is 5.57. The number of anilines is 1. The molecule has 0 bridgehead atoms. The second kappa shape index (κ2) is 13.0. The van der Waals surface area contributed by atoms with Crippen molar-refractivity contribution in [1.29, 1.82) is 0 Å². The molecule has 2 N–H and O–H groups in total. The summed E-state index contributed by atoms with van der Waals surface area (Å²) in [5.74, 6) is -0.574. The molecule has 1 aromatic heterocycles. The van der Waals surface area contributed by atoms with Gasteiger partial charge in [-0.3, -0.25) is 9.59 Å². The van der Waals surface area contributed by atoms with Crippen LogP contribution < -0.4 is 10.1 Å². The van der Waals surface area contributed by atoms with E-state index in [1.165, 1.54) is 11.4 Å². The van der Waals surface area contributed by atoms with Gasteiger partial charge in [0.05, 0.1) is 36.1 Å². The summed E-state index contributed by atoms with van der Waals surface area (Å²) < 4.78 is 36.4. The topological polar surface area (TPSA) is 121 Å². The van der Waals surface area contributed by atoms with E-state index in [4.69, 9.17) is 4.74 Å². The highest BCUT2D eigenvalue weighted by Crippen LogP contribution is 2.31. The molecule has 1 aliphatic rings. The van der Waals surface area contributed by atoms with Gasteiger partial charge in [0.15, 0.2) is 0 Å². The Morgan fingerprint density at radius 2 is 1.84 bits per heavy atom. The van der Waals surface area contributed by atoms with Gasteiger partial charge in [0.2, 0.25) is 15.9 Å². The number of likely N-dealkylation sites (N-methyl/N-ethyl adjacent to an activating group) is 1. The molecular formula is C34H40N4O6S. The summed E-state index contributed by atoms with van der Waals surface area (Å²) in [5.41, 5.74) is 3.53. The van der Waals surface area contributed by atoms with Crippen LogP contribution in [-0.2, 0) is 28.3 Å². The number of hydrogen-bond acceptors (Lipinski definition) is 6. The van der Waals surface area contributed by atoms with Crippen LogP contribution in [0.1, 0.15) is 35.3 Å². The summed E-state index contributed by atoms with van der Waals surface area (Å²) in [6, 6.07) is 18.9. The zero-order valence-electron chi connectivity index (χ0n) is 26.2. The molecule has 0 aliphatic carbocycles. The van der Waals surface area contributed by atoms with Crippen molar-refractivity contribution >= 4 is 38.4 Å². The number of para-hydroxylation sites is 1. The molecule has 0 radical (unpaired) electrons. The molecule has 4 aromatic rings. The van der Waals surface area contributed by atoms with Crippen LogP contribution in [0.15, 0.2) is 77.8 Å². The Labute approximate surface area is 264 Å². The lowest BCUT2D eigenvalue weighted by Gasteiger charge is -2.38. The van der Waals surface area contributed by atoms with Crippen molar-refractivity contribution in [2.24, 2.45) is 13.0 Å². The Morgan fingerprint density at radius 1 is 1.13 bits per heavy atom. The molecular weight excluding hydrogens is 592 g/mol. The molecule has 0 saturated carbocycles. The highest BCUT2D eigenvalue weighted by atomic mass is 32.2. The van der Waals surface area contributed by atoms with Crippen molar-refractivity contribution < 1.29 is 27.9 Å². The van der Waals surface area contributed by atoms with Crippen LogP contribution in [0.3, 0.4) is 0 Å². The fourth-order valence-corrected chi connectivity index (χ4v) is 6.89. The van der Waals surface area contributed by atoms with E-state index in [-0.39, 0.29) is 60.1 Å². The summed E-state index contributed by atoms with van der Waals surface area (Å²) in [7, 11) is -0.346. The highest BCUT2D eigenvalue weighted by molar-refractivity contribution is 7.89. The van der Waals surface area contributed by atoms with Crippen LogP contribution in [0.2, 0.25) is 0 Å². The minimum Gasteiger partial charge on any atom is -0.488 e. The smallest absolute Gasteiger partial charge is 0.258 e. The molecule has 10 nitrogen and oxygen atoms in total. The number of aliphatic hydroxyl groups excluding tert-OH is 1. The molecule has 3 atom stereocenters. The van der Waals surface area contributed by atoms with E-state index in [0.29, 0.717) is 5.69 Å². The van der Waals surface area contributed by atoms with E-state index in [1.807, 2.05) is 55.9 Å². The lowest BCUT2D eigenvalue weighted by atomic mass is 9.99. The lowest BCUT2D eigenvalue weighted by Crippen LogP contribution is -2.50. The summed E-state index contributed by atoms with van der Waals surface area (Å²) in [4.78, 5) is 28.7. The first-order valence-corrected chi connectivity index (χ1v) is 16.4. The predicted octanol–water partition coefficient (Wildman–Crippen LogP) is 4.21. The average molecular weight is 633 g/mol. The predicted molar refractivity (Wildman–Crippen MR) is 174 cm³/mol. The maximum absolute atomic E-state index is 13.8. The highest BCUT2D eigenvalue weighted by Gasteiger charge is 2.35. The number of aliphatic hydroxyl groups is 1. The van der Waals surface area contributed by atoms with Crippen LogP contribution >= 0.6 is 0 Å². The van der Waals surface area contributed by atoms with Gasteiger partial charge in [-0.25, -0.2) is 8.42 Å². The molecule has 1 aliphatic heterocycles. The van der Waals surface area contributed by atoms with Gasteiger partial charge in [0.25, 0.3) is 5.91 Å². The van der Waals surface area contributed by atoms with Gasteiger partial charge in [-0.1, -0.05) is 42.8 Å². The molecule has 2 amide bonds. The van der Waals surface area contributed by atoms with E-state index in [9.17, 15) is 23.1 Å². The summed E-state index contributed by atoms with van der Waals surface area (Å²) >= 11 is 0. The first kappa shape index (κ1) is 32.2. The molecule has 5 rings (SSSR count). The summed E-state index contributed by atoms with van der Waals surface area (Å²) in [6.07, 6.45) is 1.48. The van der Waals surface area contributed by atoms with E-state index in [0.717, 1.165) is 22.0 Å². The van der Waals surface area contributed by atoms with Crippen LogP contribution in [0.5, 0.6) is 5.75 Å². The van der Waals surface area contributed by atoms with Gasteiger partial charge in [-0.15, -0.1) is 0 Å². The molecule has 0 saturated heterocycles. The second-order valence-electron chi connectivity index (χ2n) is 11.9. The first-order valence-electron chi connectivity index (χ1n) is 15.0. The van der Waals surface area contributed by atoms with Gasteiger partial charge in [0.1, 0.15) is 11.9 Å². The van der Waals surface area contributed by atoms with Crippen molar-refractivity contribution in [3.05, 3.63) is 89.6 Å². The quantitative estimate of drug-likeness (QED) is 0.285. The third-order valence-electron chi connectivity index (χ3n) is 8.45. The third-order valence-corrected chi connectivity index (χ3v) is 10.3. The molecule has 0 fully saturated rings. The van der Waals surface area contributed by atoms with E-state index in [2.05, 4.69) is 5.32 Å². The number of ether oxygens (including phenoxy) is 1. The minimum atomic E-state index is -3.80. The number of aromatic nitrogens is 1. The van der Waals surface area contributed by atoms with Crippen molar-refractivity contribution in [1.82, 2.24) is 13.8 Å². The Morgan fingerprint density at radius 3 is 2.56 bits per heavy atom. The number of rotatable bonds is 9. The molecule has 0 unspecified atom stereocenters.